The fourth-order valence-electron chi connectivity index (χ4n) is 1.91. The summed E-state index contributed by atoms with van der Waals surface area (Å²) < 4.78 is 47.2. The molecule has 7 nitrogen and oxygen atoms in total. The van der Waals surface area contributed by atoms with Crippen molar-refractivity contribution >= 4 is 17.3 Å². The third-order valence-corrected chi connectivity index (χ3v) is 3.05. The Bertz CT molecular complexity index is 825. The number of amides is 1. The van der Waals surface area contributed by atoms with Gasteiger partial charge in [-0.05, 0) is 35.9 Å². The number of carbonyl (C=O) groups excluding carboxylic acids is 1. The Kier molecular flexibility index (Phi) is 5.75. The zero-order chi connectivity index (χ0) is 19.3. The van der Waals surface area contributed by atoms with E-state index in [1.807, 2.05) is 0 Å². The second kappa shape index (κ2) is 7.81. The van der Waals surface area contributed by atoms with Crippen LogP contribution in [0.3, 0.4) is 0 Å². The summed E-state index contributed by atoms with van der Waals surface area (Å²) in [6.07, 6.45) is -3.47. The zero-order valence-corrected chi connectivity index (χ0v) is 13.8. The van der Waals surface area contributed by atoms with Gasteiger partial charge in [-0.25, -0.2) is 4.98 Å². The number of nitrogens with one attached hydrogen (secondary N) is 1. The Labute approximate surface area is 146 Å². The van der Waals surface area contributed by atoms with Crippen molar-refractivity contribution in [3.8, 4) is 17.4 Å². The average Bonchev–Trinajstić information content (AvgIpc) is 2.57. The molecule has 2 rings (SSSR count). The number of nitrogens with zero attached hydrogens (tertiary/aromatic N) is 2. The lowest BCUT2D eigenvalue weighted by Crippen LogP contribution is -2.18. The summed E-state index contributed by atoms with van der Waals surface area (Å²) in [5.41, 5.74) is 0.539. The zero-order valence-electron chi connectivity index (χ0n) is 13.8. The van der Waals surface area contributed by atoms with Crippen molar-refractivity contribution in [2.45, 2.75) is 26.6 Å². The largest absolute Gasteiger partial charge is 0.573 e. The van der Waals surface area contributed by atoms with Crippen molar-refractivity contribution < 1.29 is 27.4 Å². The van der Waals surface area contributed by atoms with Crippen LogP contribution in [0.5, 0.6) is 17.4 Å². The number of ether oxygens (including phenoxy) is 2. The summed E-state index contributed by atoms with van der Waals surface area (Å²) in [6.45, 7) is 3.26. The lowest BCUT2D eigenvalue weighted by atomic mass is 10.2. The first-order chi connectivity index (χ1) is 12.2. The number of carbonyl (C=O) groups is 1. The Morgan fingerprint density at radius 3 is 2.62 bits per heavy atom. The third-order valence-electron chi connectivity index (χ3n) is 3.05. The van der Waals surface area contributed by atoms with Crippen LogP contribution in [0.4, 0.5) is 24.5 Å². The fraction of sp³-hybridized carbons (Fsp3) is 0.250. The van der Waals surface area contributed by atoms with E-state index in [-0.39, 0.29) is 35.3 Å². The first-order valence-electron chi connectivity index (χ1n) is 7.39. The number of aromatic nitrogens is 1. The predicted octanol–water partition coefficient (Wildman–Crippen LogP) is 4.83. The van der Waals surface area contributed by atoms with Crippen LogP contribution < -0.4 is 14.8 Å². The molecule has 0 spiro atoms. The van der Waals surface area contributed by atoms with Crippen LogP contribution in [0.1, 0.15) is 18.9 Å². The first kappa shape index (κ1) is 19.2. The number of nitroso groups, excluding NO2 is 1. The molecule has 10 heteroatoms. The first-order valence-corrected chi connectivity index (χ1v) is 7.39. The summed E-state index contributed by atoms with van der Waals surface area (Å²) in [6, 6.07) is 4.81. The maximum absolute atomic E-state index is 12.7. The highest BCUT2D eigenvalue weighted by molar-refractivity contribution is 5.90. The minimum absolute atomic E-state index is 0.0917. The Balaban J connectivity index is 2.40. The summed E-state index contributed by atoms with van der Waals surface area (Å²) in [4.78, 5) is 26.1. The fourth-order valence-corrected chi connectivity index (χ4v) is 1.91. The number of rotatable bonds is 6. The van der Waals surface area contributed by atoms with E-state index in [0.29, 0.717) is 5.56 Å². The van der Waals surface area contributed by atoms with Gasteiger partial charge in [0.2, 0.25) is 11.8 Å². The smallest absolute Gasteiger partial charge is 0.433 e. The van der Waals surface area contributed by atoms with Gasteiger partial charge in [0.15, 0.2) is 17.2 Å². The number of hydrogen-bond donors (Lipinski definition) is 1. The van der Waals surface area contributed by atoms with Crippen molar-refractivity contribution in [1.29, 1.82) is 0 Å². The maximum atomic E-state index is 12.7. The van der Waals surface area contributed by atoms with Crippen LogP contribution in [0.25, 0.3) is 0 Å². The average molecular weight is 369 g/mol. The lowest BCUT2D eigenvalue weighted by Gasteiger charge is -2.15. The molecule has 0 aliphatic carbocycles. The van der Waals surface area contributed by atoms with E-state index in [0.717, 1.165) is 12.1 Å². The SMILES string of the molecule is CCC(=O)Nc1ccc(Oc2ncc(C)cc2N=O)c(OC(F)(F)F)c1. The molecule has 0 fully saturated rings. The van der Waals surface area contributed by atoms with Gasteiger partial charge < -0.3 is 14.8 Å². The van der Waals surface area contributed by atoms with Gasteiger partial charge in [0.05, 0.1) is 0 Å². The topological polar surface area (TPSA) is 89.9 Å². The van der Waals surface area contributed by atoms with Crippen molar-refractivity contribution in [2.24, 2.45) is 5.18 Å². The number of anilines is 1. The van der Waals surface area contributed by atoms with Crippen LogP contribution in [-0.2, 0) is 4.79 Å². The molecule has 0 saturated carbocycles. The normalized spacial score (nSPS) is 11.0. The molecular formula is C16H14F3N3O4. The second-order valence-electron chi connectivity index (χ2n) is 5.14. The summed E-state index contributed by atoms with van der Waals surface area (Å²) in [5, 5.41) is 5.16. The number of pyridine rings is 1. The Morgan fingerprint density at radius 2 is 2.00 bits per heavy atom. The Morgan fingerprint density at radius 1 is 1.27 bits per heavy atom. The van der Waals surface area contributed by atoms with E-state index >= 15 is 0 Å². The van der Waals surface area contributed by atoms with Gasteiger partial charge in [-0.15, -0.1) is 18.1 Å². The van der Waals surface area contributed by atoms with Crippen LogP contribution in [0, 0.1) is 11.8 Å². The highest BCUT2D eigenvalue weighted by Gasteiger charge is 2.33. The monoisotopic (exact) mass is 369 g/mol. The second-order valence-corrected chi connectivity index (χ2v) is 5.14. The van der Waals surface area contributed by atoms with Crippen LogP contribution in [0.15, 0.2) is 35.6 Å². The molecule has 1 heterocycles. The molecule has 26 heavy (non-hydrogen) atoms. The summed E-state index contributed by atoms with van der Waals surface area (Å²) in [5.74, 6) is -1.71. The molecule has 138 valence electrons. The number of halogens is 3. The molecule has 0 atom stereocenters. The van der Waals surface area contributed by atoms with Crippen LogP contribution in [0.2, 0.25) is 0 Å². The standard InChI is InChI=1S/C16H14F3N3O4/c1-3-14(23)21-10-4-5-12(13(7-10)26-16(17,18)19)25-15-11(22-24)6-9(2)8-20-15/h4-8H,3H2,1-2H3,(H,21,23). The van der Waals surface area contributed by atoms with Crippen molar-refractivity contribution in [3.63, 3.8) is 0 Å². The molecule has 0 radical (unpaired) electrons. The van der Waals surface area contributed by atoms with E-state index in [1.54, 1.807) is 13.8 Å². The molecule has 2 aromatic rings. The lowest BCUT2D eigenvalue weighted by molar-refractivity contribution is -0.275. The molecule has 1 aromatic heterocycles. The number of aryl methyl sites for hydroxylation is 1. The molecule has 0 saturated heterocycles. The quantitative estimate of drug-likeness (QED) is 0.737. The Hall–Kier alpha value is -3.17. The van der Waals surface area contributed by atoms with Crippen molar-refractivity contribution in [3.05, 3.63) is 40.9 Å². The molecule has 0 bridgehead atoms. The van der Waals surface area contributed by atoms with E-state index in [4.69, 9.17) is 4.74 Å². The maximum Gasteiger partial charge on any atom is 0.573 e. The van der Waals surface area contributed by atoms with E-state index < -0.39 is 12.1 Å². The molecular weight excluding hydrogens is 355 g/mol. The predicted molar refractivity (Wildman–Crippen MR) is 86.5 cm³/mol. The van der Waals surface area contributed by atoms with Crippen molar-refractivity contribution in [1.82, 2.24) is 4.98 Å². The van der Waals surface area contributed by atoms with Gasteiger partial charge in [-0.2, -0.15) is 0 Å². The van der Waals surface area contributed by atoms with Crippen LogP contribution in [-0.4, -0.2) is 17.3 Å². The van der Waals surface area contributed by atoms with Crippen LogP contribution >= 0.6 is 0 Å². The molecule has 1 N–H and O–H groups in total. The van der Waals surface area contributed by atoms with E-state index in [1.165, 1.54) is 18.3 Å². The summed E-state index contributed by atoms with van der Waals surface area (Å²) >= 11 is 0. The highest BCUT2D eigenvalue weighted by Crippen LogP contribution is 2.39. The molecule has 0 unspecified atom stereocenters. The van der Waals surface area contributed by atoms with E-state index in [2.05, 4.69) is 20.2 Å². The van der Waals surface area contributed by atoms with Gasteiger partial charge in [-0.1, -0.05) is 6.92 Å². The highest BCUT2D eigenvalue weighted by atomic mass is 19.4. The van der Waals surface area contributed by atoms with Gasteiger partial charge in [0.1, 0.15) is 0 Å². The van der Waals surface area contributed by atoms with Gasteiger partial charge in [-0.3, -0.25) is 4.79 Å². The molecule has 1 aromatic carbocycles. The minimum atomic E-state index is -4.99. The molecule has 1 amide bonds. The molecule has 0 aliphatic heterocycles. The van der Waals surface area contributed by atoms with Gasteiger partial charge >= 0.3 is 6.36 Å². The molecule has 0 aliphatic rings. The van der Waals surface area contributed by atoms with Crippen molar-refractivity contribution in [2.75, 3.05) is 5.32 Å². The third kappa shape index (κ3) is 5.16. The van der Waals surface area contributed by atoms with Gasteiger partial charge in [0, 0.05) is 24.4 Å². The number of hydrogen-bond acceptors (Lipinski definition) is 6. The number of benzene rings is 1. The summed E-state index contributed by atoms with van der Waals surface area (Å²) in [7, 11) is 0. The van der Waals surface area contributed by atoms with Gasteiger partial charge in [0.25, 0.3) is 0 Å². The number of alkyl halides is 3. The van der Waals surface area contributed by atoms with E-state index in [9.17, 15) is 22.9 Å². The minimum Gasteiger partial charge on any atom is -0.433 e.